The fourth-order valence-corrected chi connectivity index (χ4v) is 2.72. The maximum Gasteiger partial charge on any atom is 0.303 e. The van der Waals surface area contributed by atoms with Crippen LogP contribution in [0.4, 0.5) is 0 Å². The summed E-state index contributed by atoms with van der Waals surface area (Å²) in [5.74, 6) is -0.857. The minimum atomic E-state index is -0.784. The Balaban J connectivity index is 1.76. The molecular weight excluding hydrogens is 236 g/mol. The van der Waals surface area contributed by atoms with Crippen molar-refractivity contribution in [2.75, 3.05) is 19.8 Å². The maximum absolute atomic E-state index is 10.5. The lowest BCUT2D eigenvalue weighted by molar-refractivity contribution is -0.173. The van der Waals surface area contributed by atoms with E-state index in [2.05, 4.69) is 0 Å². The Morgan fingerprint density at radius 3 is 2.94 bits per heavy atom. The minimum Gasteiger partial charge on any atom is -0.481 e. The van der Waals surface area contributed by atoms with Crippen molar-refractivity contribution >= 4 is 5.97 Å². The number of carboxylic acid groups (broad SMARTS) is 1. The molecule has 0 aromatic heterocycles. The van der Waals surface area contributed by atoms with Crippen molar-refractivity contribution in [1.82, 2.24) is 0 Å². The lowest BCUT2D eigenvalue weighted by atomic mass is 9.94. The molecule has 2 aliphatic rings. The minimum absolute atomic E-state index is 0.0874. The van der Waals surface area contributed by atoms with Gasteiger partial charge < -0.3 is 19.3 Å². The van der Waals surface area contributed by atoms with E-state index < -0.39 is 11.8 Å². The Bertz CT molecular complexity index is 287. The van der Waals surface area contributed by atoms with Gasteiger partial charge in [0, 0.05) is 26.1 Å². The van der Waals surface area contributed by atoms with Crippen LogP contribution in [-0.2, 0) is 19.0 Å². The van der Waals surface area contributed by atoms with E-state index in [1.165, 1.54) is 0 Å². The predicted octanol–water partition coefficient (Wildman–Crippen LogP) is 1.80. The van der Waals surface area contributed by atoms with Gasteiger partial charge in [0.1, 0.15) is 0 Å². The average molecular weight is 258 g/mol. The van der Waals surface area contributed by atoms with Crippen LogP contribution >= 0.6 is 0 Å². The summed E-state index contributed by atoms with van der Waals surface area (Å²) in [6.45, 7) is 4.08. The van der Waals surface area contributed by atoms with Gasteiger partial charge in [-0.05, 0) is 32.1 Å². The molecule has 0 amide bonds. The van der Waals surface area contributed by atoms with Crippen LogP contribution in [0.25, 0.3) is 0 Å². The molecule has 0 aromatic rings. The summed E-state index contributed by atoms with van der Waals surface area (Å²) in [6, 6.07) is 0. The van der Waals surface area contributed by atoms with E-state index in [0.717, 1.165) is 32.5 Å². The summed E-state index contributed by atoms with van der Waals surface area (Å²) < 4.78 is 17.0. The summed E-state index contributed by atoms with van der Waals surface area (Å²) in [4.78, 5) is 10.5. The van der Waals surface area contributed by atoms with Crippen molar-refractivity contribution in [3.05, 3.63) is 0 Å². The fourth-order valence-electron chi connectivity index (χ4n) is 2.72. The van der Waals surface area contributed by atoms with Crippen LogP contribution < -0.4 is 0 Å². The number of rotatable bonds is 5. The molecule has 0 bridgehead atoms. The second kappa shape index (κ2) is 5.99. The lowest BCUT2D eigenvalue weighted by Gasteiger charge is -2.30. The molecule has 3 unspecified atom stereocenters. The van der Waals surface area contributed by atoms with E-state index >= 15 is 0 Å². The molecule has 5 nitrogen and oxygen atoms in total. The van der Waals surface area contributed by atoms with Crippen LogP contribution in [0.5, 0.6) is 0 Å². The molecule has 2 aliphatic heterocycles. The van der Waals surface area contributed by atoms with E-state index in [1.807, 2.05) is 6.92 Å². The van der Waals surface area contributed by atoms with Crippen LogP contribution in [0.3, 0.4) is 0 Å². The van der Waals surface area contributed by atoms with Gasteiger partial charge in [0.2, 0.25) is 0 Å². The van der Waals surface area contributed by atoms with E-state index in [1.54, 1.807) is 0 Å². The molecule has 2 heterocycles. The monoisotopic (exact) mass is 258 g/mol. The van der Waals surface area contributed by atoms with Gasteiger partial charge in [-0.25, -0.2) is 0 Å². The van der Waals surface area contributed by atoms with Crippen molar-refractivity contribution in [2.45, 2.75) is 50.9 Å². The van der Waals surface area contributed by atoms with Crippen LogP contribution in [0.2, 0.25) is 0 Å². The zero-order valence-electron chi connectivity index (χ0n) is 10.9. The van der Waals surface area contributed by atoms with Gasteiger partial charge in [0.05, 0.1) is 12.7 Å². The molecule has 2 saturated heterocycles. The number of ether oxygens (including phenoxy) is 3. The van der Waals surface area contributed by atoms with Gasteiger partial charge in [-0.15, -0.1) is 0 Å². The summed E-state index contributed by atoms with van der Waals surface area (Å²) >= 11 is 0. The number of aliphatic carboxylic acids is 1. The second-order valence-electron chi connectivity index (χ2n) is 5.40. The molecule has 0 aliphatic carbocycles. The number of hydrogen-bond acceptors (Lipinski definition) is 4. The molecule has 3 atom stereocenters. The first-order valence-electron chi connectivity index (χ1n) is 6.69. The Morgan fingerprint density at radius 1 is 1.44 bits per heavy atom. The summed E-state index contributed by atoms with van der Waals surface area (Å²) in [7, 11) is 0. The van der Waals surface area contributed by atoms with Gasteiger partial charge >= 0.3 is 5.97 Å². The molecule has 5 heteroatoms. The first-order chi connectivity index (χ1) is 8.57. The molecule has 0 saturated carbocycles. The third-order valence-corrected chi connectivity index (χ3v) is 3.58. The van der Waals surface area contributed by atoms with E-state index in [4.69, 9.17) is 19.3 Å². The Kier molecular flexibility index (Phi) is 4.59. The quantitative estimate of drug-likeness (QED) is 0.814. The smallest absolute Gasteiger partial charge is 0.303 e. The number of hydrogen-bond donors (Lipinski definition) is 1. The second-order valence-corrected chi connectivity index (χ2v) is 5.40. The predicted molar refractivity (Wildman–Crippen MR) is 64.3 cm³/mol. The molecule has 2 rings (SSSR count). The zero-order valence-corrected chi connectivity index (χ0v) is 10.9. The van der Waals surface area contributed by atoms with Crippen LogP contribution in [-0.4, -0.2) is 42.8 Å². The highest BCUT2D eigenvalue weighted by Crippen LogP contribution is 2.33. The molecule has 0 spiro atoms. The first kappa shape index (κ1) is 13.8. The van der Waals surface area contributed by atoms with Crippen LogP contribution in [0.1, 0.15) is 39.0 Å². The summed E-state index contributed by atoms with van der Waals surface area (Å²) in [5.41, 5.74) is 0. The first-order valence-corrected chi connectivity index (χ1v) is 6.69. The van der Waals surface area contributed by atoms with Crippen molar-refractivity contribution in [3.63, 3.8) is 0 Å². The number of carboxylic acids is 1. The zero-order chi connectivity index (χ0) is 13.0. The van der Waals surface area contributed by atoms with E-state index in [0.29, 0.717) is 18.9 Å². The van der Waals surface area contributed by atoms with Crippen molar-refractivity contribution in [1.29, 1.82) is 0 Å². The highest BCUT2D eigenvalue weighted by atomic mass is 16.7. The Morgan fingerprint density at radius 2 is 2.28 bits per heavy atom. The highest BCUT2D eigenvalue weighted by molar-refractivity contribution is 5.66. The van der Waals surface area contributed by atoms with Gasteiger partial charge in [-0.3, -0.25) is 4.79 Å². The summed E-state index contributed by atoms with van der Waals surface area (Å²) in [5, 5.41) is 8.65. The molecule has 1 N–H and O–H groups in total. The topological polar surface area (TPSA) is 65.0 Å². The Labute approximate surface area is 107 Å². The van der Waals surface area contributed by atoms with Crippen molar-refractivity contribution < 1.29 is 24.1 Å². The molecular formula is C13H22O5. The third kappa shape index (κ3) is 3.93. The summed E-state index contributed by atoms with van der Waals surface area (Å²) in [6.07, 6.45) is 3.65. The molecule has 2 fully saturated rings. The van der Waals surface area contributed by atoms with Crippen LogP contribution in [0.15, 0.2) is 0 Å². The maximum atomic E-state index is 10.5. The van der Waals surface area contributed by atoms with Gasteiger partial charge in [0.25, 0.3) is 0 Å². The van der Waals surface area contributed by atoms with Crippen molar-refractivity contribution in [2.24, 2.45) is 5.92 Å². The van der Waals surface area contributed by atoms with Gasteiger partial charge in [-0.1, -0.05) is 0 Å². The van der Waals surface area contributed by atoms with Crippen molar-refractivity contribution in [3.8, 4) is 0 Å². The van der Waals surface area contributed by atoms with E-state index in [9.17, 15) is 4.79 Å². The number of carbonyl (C=O) groups is 1. The third-order valence-electron chi connectivity index (χ3n) is 3.58. The normalized spacial score (nSPS) is 36.7. The standard InChI is InChI=1S/C13H22O5/c1-13(7-10-3-2-6-16-8-10)17-9-11(18-13)4-5-12(14)15/h10-11H,2-9H2,1H3,(H,14,15). The van der Waals surface area contributed by atoms with E-state index in [-0.39, 0.29) is 12.5 Å². The lowest BCUT2D eigenvalue weighted by Crippen LogP contribution is -2.33. The Hall–Kier alpha value is -0.650. The SMILES string of the molecule is CC1(CC2CCCOC2)OCC(CCC(=O)O)O1. The molecule has 0 aromatic carbocycles. The molecule has 104 valence electrons. The molecule has 18 heavy (non-hydrogen) atoms. The molecule has 0 radical (unpaired) electrons. The van der Waals surface area contributed by atoms with Gasteiger partial charge in [-0.2, -0.15) is 0 Å². The fraction of sp³-hybridized carbons (Fsp3) is 0.923. The average Bonchev–Trinajstić information content (AvgIpc) is 2.69. The van der Waals surface area contributed by atoms with Crippen LogP contribution in [0, 0.1) is 5.92 Å². The largest absolute Gasteiger partial charge is 0.481 e. The highest BCUT2D eigenvalue weighted by Gasteiger charge is 2.39. The van der Waals surface area contributed by atoms with Gasteiger partial charge in [0.15, 0.2) is 5.79 Å².